The van der Waals surface area contributed by atoms with Crippen molar-refractivity contribution in [2.45, 2.75) is 20.3 Å². The molecule has 92 valence electrons. The summed E-state index contributed by atoms with van der Waals surface area (Å²) in [7, 11) is 0. The molecule has 0 spiro atoms. The lowest BCUT2D eigenvalue weighted by Gasteiger charge is -2.09. The molecule has 1 aromatic carbocycles. The van der Waals surface area contributed by atoms with Crippen molar-refractivity contribution in [1.82, 2.24) is 0 Å². The number of benzene rings is 1. The number of halogens is 1. The van der Waals surface area contributed by atoms with E-state index in [1.165, 1.54) is 19.1 Å². The number of hydrogen-bond acceptors (Lipinski definition) is 4. The van der Waals surface area contributed by atoms with E-state index in [4.69, 9.17) is 4.74 Å². The Kier molecular flexibility index (Phi) is 4.62. The van der Waals surface area contributed by atoms with Crippen molar-refractivity contribution >= 4 is 27.4 Å². The second kappa shape index (κ2) is 5.77. The molecular weight excluding hydrogens is 290 g/mol. The molecule has 0 amide bonds. The minimum Gasteiger partial charge on any atom is -0.486 e. The highest BCUT2D eigenvalue weighted by Gasteiger charge is 2.22. The number of rotatable bonds is 5. The standard InChI is InChI=1S/C11H12BrNO4/c1-3-4-17-11-9(7(2)14)5-8(12)6-10(11)13(15)16/h5-6H,3-4H2,1-2H3. The van der Waals surface area contributed by atoms with Gasteiger partial charge in [-0.3, -0.25) is 14.9 Å². The van der Waals surface area contributed by atoms with Gasteiger partial charge in [-0.15, -0.1) is 0 Å². The molecule has 6 heteroatoms. The minimum absolute atomic E-state index is 0.0487. The van der Waals surface area contributed by atoms with Crippen LogP contribution in [0.3, 0.4) is 0 Å². The molecular formula is C11H12BrNO4. The molecule has 0 aliphatic heterocycles. The maximum atomic E-state index is 11.4. The zero-order valence-corrected chi connectivity index (χ0v) is 11.1. The number of nitrogens with zero attached hydrogens (tertiary/aromatic N) is 1. The summed E-state index contributed by atoms with van der Waals surface area (Å²) in [5.41, 5.74) is 0.0255. The van der Waals surface area contributed by atoms with Crippen LogP contribution in [0.15, 0.2) is 16.6 Å². The van der Waals surface area contributed by atoms with E-state index in [0.29, 0.717) is 17.5 Å². The number of nitro groups is 1. The fourth-order valence-electron chi connectivity index (χ4n) is 1.33. The van der Waals surface area contributed by atoms with Crippen molar-refractivity contribution in [2.24, 2.45) is 0 Å². The lowest BCUT2D eigenvalue weighted by Crippen LogP contribution is -2.05. The summed E-state index contributed by atoms with van der Waals surface area (Å²) < 4.78 is 5.80. The third-order valence-electron chi connectivity index (χ3n) is 2.06. The van der Waals surface area contributed by atoms with Crippen LogP contribution in [0.5, 0.6) is 5.75 Å². The van der Waals surface area contributed by atoms with Crippen LogP contribution < -0.4 is 4.74 Å². The molecule has 0 radical (unpaired) electrons. The number of carbonyl (C=O) groups excluding carboxylic acids is 1. The van der Waals surface area contributed by atoms with Gasteiger partial charge in [0.2, 0.25) is 5.75 Å². The van der Waals surface area contributed by atoms with Crippen LogP contribution in [0.25, 0.3) is 0 Å². The molecule has 0 heterocycles. The molecule has 1 aromatic rings. The van der Waals surface area contributed by atoms with E-state index < -0.39 is 4.92 Å². The molecule has 0 atom stereocenters. The summed E-state index contributed by atoms with van der Waals surface area (Å²) in [6.45, 7) is 3.57. The molecule has 0 unspecified atom stereocenters. The molecule has 0 bridgehead atoms. The van der Waals surface area contributed by atoms with Gasteiger partial charge < -0.3 is 4.74 Å². The average molecular weight is 302 g/mol. The second-order valence-electron chi connectivity index (χ2n) is 3.46. The van der Waals surface area contributed by atoms with Crippen molar-refractivity contribution in [3.8, 4) is 5.75 Å². The zero-order chi connectivity index (χ0) is 13.0. The normalized spacial score (nSPS) is 10.1. The van der Waals surface area contributed by atoms with Crippen LogP contribution in [-0.2, 0) is 0 Å². The summed E-state index contributed by atoms with van der Waals surface area (Å²) in [6.07, 6.45) is 0.713. The van der Waals surface area contributed by atoms with Crippen molar-refractivity contribution in [1.29, 1.82) is 0 Å². The van der Waals surface area contributed by atoms with Crippen molar-refractivity contribution in [3.05, 3.63) is 32.3 Å². The number of nitro benzene ring substituents is 1. The van der Waals surface area contributed by atoms with Gasteiger partial charge in [-0.1, -0.05) is 22.9 Å². The summed E-state index contributed by atoms with van der Waals surface area (Å²) >= 11 is 3.14. The summed E-state index contributed by atoms with van der Waals surface area (Å²) in [5.74, 6) is -0.215. The van der Waals surface area contributed by atoms with Gasteiger partial charge in [-0.25, -0.2) is 0 Å². The van der Waals surface area contributed by atoms with E-state index in [1.54, 1.807) is 0 Å². The predicted molar refractivity (Wildman–Crippen MR) is 66.6 cm³/mol. The minimum atomic E-state index is -0.553. The van der Waals surface area contributed by atoms with E-state index in [2.05, 4.69) is 15.9 Å². The number of hydrogen-bond donors (Lipinski definition) is 0. The lowest BCUT2D eigenvalue weighted by atomic mass is 10.1. The first-order valence-electron chi connectivity index (χ1n) is 5.09. The molecule has 0 saturated carbocycles. The van der Waals surface area contributed by atoms with Gasteiger partial charge in [0.25, 0.3) is 0 Å². The quantitative estimate of drug-likeness (QED) is 0.475. The van der Waals surface area contributed by atoms with E-state index in [0.717, 1.165) is 0 Å². The Bertz CT molecular complexity index is 424. The van der Waals surface area contributed by atoms with Gasteiger partial charge >= 0.3 is 5.69 Å². The predicted octanol–water partition coefficient (Wildman–Crippen LogP) is 3.35. The average Bonchev–Trinajstić information content (AvgIpc) is 2.26. The third-order valence-corrected chi connectivity index (χ3v) is 2.52. The fourth-order valence-corrected chi connectivity index (χ4v) is 1.78. The maximum Gasteiger partial charge on any atom is 0.312 e. The number of ether oxygens (including phenoxy) is 1. The topological polar surface area (TPSA) is 69.4 Å². The van der Waals surface area contributed by atoms with Crippen LogP contribution >= 0.6 is 15.9 Å². The van der Waals surface area contributed by atoms with Crippen LogP contribution in [0, 0.1) is 10.1 Å². The molecule has 17 heavy (non-hydrogen) atoms. The first-order valence-corrected chi connectivity index (χ1v) is 5.88. The summed E-state index contributed by atoms with van der Waals surface area (Å²) in [5, 5.41) is 10.9. The maximum absolute atomic E-state index is 11.4. The third kappa shape index (κ3) is 3.26. The number of carbonyl (C=O) groups is 1. The van der Waals surface area contributed by atoms with Gasteiger partial charge in [0.15, 0.2) is 5.78 Å². The molecule has 0 aliphatic rings. The fraction of sp³-hybridized carbons (Fsp3) is 0.364. The second-order valence-corrected chi connectivity index (χ2v) is 4.38. The zero-order valence-electron chi connectivity index (χ0n) is 9.53. The highest BCUT2D eigenvalue weighted by molar-refractivity contribution is 9.10. The lowest BCUT2D eigenvalue weighted by molar-refractivity contribution is -0.386. The van der Waals surface area contributed by atoms with Crippen molar-refractivity contribution in [3.63, 3.8) is 0 Å². The van der Waals surface area contributed by atoms with Gasteiger partial charge in [0.05, 0.1) is 17.1 Å². The molecule has 0 aliphatic carbocycles. The van der Waals surface area contributed by atoms with Crippen molar-refractivity contribution in [2.75, 3.05) is 6.61 Å². The smallest absolute Gasteiger partial charge is 0.312 e. The summed E-state index contributed by atoms with van der Waals surface area (Å²) in [4.78, 5) is 21.8. The Labute approximate surface area is 107 Å². The molecule has 0 fully saturated rings. The Balaban J connectivity index is 3.36. The van der Waals surface area contributed by atoms with Gasteiger partial charge in [0.1, 0.15) is 0 Å². The Morgan fingerprint density at radius 1 is 1.53 bits per heavy atom. The Hall–Kier alpha value is -1.43. The number of ketones is 1. The van der Waals surface area contributed by atoms with Gasteiger partial charge in [-0.2, -0.15) is 0 Å². The molecule has 5 nitrogen and oxygen atoms in total. The van der Waals surface area contributed by atoms with E-state index in [1.807, 2.05) is 6.92 Å². The van der Waals surface area contributed by atoms with Gasteiger partial charge in [-0.05, 0) is 19.4 Å². The molecule has 0 N–H and O–H groups in total. The first-order chi connectivity index (χ1) is 7.97. The van der Waals surface area contributed by atoms with Crippen LogP contribution in [-0.4, -0.2) is 17.3 Å². The van der Waals surface area contributed by atoms with Crippen LogP contribution in [0.4, 0.5) is 5.69 Å². The van der Waals surface area contributed by atoms with Crippen LogP contribution in [0.1, 0.15) is 30.6 Å². The van der Waals surface area contributed by atoms with E-state index in [-0.39, 0.29) is 22.8 Å². The molecule has 0 aromatic heterocycles. The SMILES string of the molecule is CCCOc1c(C(C)=O)cc(Br)cc1[N+](=O)[O-]. The number of Topliss-reactive ketones (excluding diaryl/α,β-unsaturated/α-hetero) is 1. The first kappa shape index (κ1) is 13.6. The van der Waals surface area contributed by atoms with Gasteiger partial charge in [0, 0.05) is 10.5 Å². The monoisotopic (exact) mass is 301 g/mol. The van der Waals surface area contributed by atoms with E-state index in [9.17, 15) is 14.9 Å². The largest absolute Gasteiger partial charge is 0.486 e. The molecule has 0 saturated heterocycles. The van der Waals surface area contributed by atoms with E-state index >= 15 is 0 Å². The Morgan fingerprint density at radius 3 is 2.65 bits per heavy atom. The summed E-state index contributed by atoms with van der Waals surface area (Å²) in [6, 6.07) is 2.86. The molecule has 1 rings (SSSR count). The highest BCUT2D eigenvalue weighted by Crippen LogP contribution is 2.35. The van der Waals surface area contributed by atoms with Crippen LogP contribution in [0.2, 0.25) is 0 Å². The highest BCUT2D eigenvalue weighted by atomic mass is 79.9. The Morgan fingerprint density at radius 2 is 2.18 bits per heavy atom. The van der Waals surface area contributed by atoms with Crippen molar-refractivity contribution < 1.29 is 14.5 Å².